The third-order valence-corrected chi connectivity index (χ3v) is 3.72. The van der Waals surface area contributed by atoms with Gasteiger partial charge in [0, 0.05) is 0 Å². The van der Waals surface area contributed by atoms with Crippen LogP contribution in [0.1, 0.15) is 45.8 Å². The van der Waals surface area contributed by atoms with E-state index >= 15 is 0 Å². The van der Waals surface area contributed by atoms with Crippen LogP contribution in [0.25, 0.3) is 0 Å². The van der Waals surface area contributed by atoms with Crippen molar-refractivity contribution in [1.29, 1.82) is 0 Å². The van der Waals surface area contributed by atoms with Gasteiger partial charge in [0.15, 0.2) is 17.9 Å². The lowest BCUT2D eigenvalue weighted by atomic mass is 10.2. The molecule has 1 amide bonds. The molecule has 1 aromatic heterocycles. The van der Waals surface area contributed by atoms with Crippen molar-refractivity contribution >= 4 is 11.9 Å². The summed E-state index contributed by atoms with van der Waals surface area (Å²) in [6.45, 7) is 4.06. The second kappa shape index (κ2) is 8.20. The fraction of sp³-hybridized carbons (Fsp3) is 0.667. The number of ether oxygens (including phenoxy) is 2. The minimum absolute atomic E-state index is 0.129. The number of carbonyl (C=O) groups excluding carboxylic acids is 1. The van der Waals surface area contributed by atoms with Gasteiger partial charge in [0.2, 0.25) is 0 Å². The van der Waals surface area contributed by atoms with Gasteiger partial charge in [0.25, 0.3) is 0 Å². The molecule has 134 valence electrons. The molecular weight excluding hydrogens is 319 g/mol. The highest BCUT2D eigenvalue weighted by Gasteiger charge is 2.33. The van der Waals surface area contributed by atoms with Gasteiger partial charge in [-0.3, -0.25) is 9.88 Å². The third kappa shape index (κ3) is 4.51. The highest BCUT2D eigenvalue weighted by molar-refractivity contribution is 5.83. The normalized spacial score (nSPS) is 23.2. The highest BCUT2D eigenvalue weighted by atomic mass is 19.1. The van der Waals surface area contributed by atoms with Gasteiger partial charge in [-0.15, -0.1) is 0 Å². The molecule has 1 saturated heterocycles. The van der Waals surface area contributed by atoms with E-state index in [0.29, 0.717) is 6.42 Å². The Hall–Kier alpha value is -2.00. The summed E-state index contributed by atoms with van der Waals surface area (Å²) in [5.74, 6) is -1.34. The third-order valence-electron chi connectivity index (χ3n) is 3.72. The van der Waals surface area contributed by atoms with Gasteiger partial charge in [0.1, 0.15) is 0 Å². The van der Waals surface area contributed by atoms with Crippen LogP contribution < -0.4 is 16.7 Å². The Morgan fingerprint density at radius 1 is 1.58 bits per heavy atom. The Balaban J connectivity index is 2.04. The van der Waals surface area contributed by atoms with Crippen LogP contribution in [0, 0.1) is 5.82 Å². The summed E-state index contributed by atoms with van der Waals surface area (Å²) in [6, 6.07) is -0.429. The summed E-state index contributed by atoms with van der Waals surface area (Å²) >= 11 is 0. The number of hydrogen-bond donors (Lipinski definition) is 2. The molecule has 0 bridgehead atoms. The van der Waals surface area contributed by atoms with Crippen molar-refractivity contribution in [2.45, 2.75) is 57.9 Å². The van der Waals surface area contributed by atoms with Gasteiger partial charge in [-0.25, -0.2) is 14.0 Å². The second-order valence-electron chi connectivity index (χ2n) is 5.83. The summed E-state index contributed by atoms with van der Waals surface area (Å²) in [5.41, 5.74) is 5.14. The molecule has 0 saturated carbocycles. The Kier molecular flexibility index (Phi) is 6.27. The zero-order valence-electron chi connectivity index (χ0n) is 13.8. The number of unbranched alkanes of at least 4 members (excludes halogenated alkanes) is 2. The monoisotopic (exact) mass is 342 g/mol. The molecule has 0 aromatic carbocycles. The maximum absolute atomic E-state index is 14.1. The van der Waals surface area contributed by atoms with Crippen LogP contribution in [0.15, 0.2) is 11.0 Å². The number of aromatic nitrogens is 2. The van der Waals surface area contributed by atoms with E-state index in [9.17, 15) is 14.0 Å². The van der Waals surface area contributed by atoms with Gasteiger partial charge in [-0.1, -0.05) is 19.8 Å². The smallest absolute Gasteiger partial charge is 0.412 e. The van der Waals surface area contributed by atoms with Crippen LogP contribution >= 0.6 is 0 Å². The number of nitrogens with two attached hydrogens (primary N) is 1. The van der Waals surface area contributed by atoms with E-state index < -0.39 is 35.7 Å². The van der Waals surface area contributed by atoms with Gasteiger partial charge >= 0.3 is 11.8 Å². The predicted octanol–water partition coefficient (Wildman–Crippen LogP) is 1.76. The molecule has 3 N–H and O–H groups in total. The predicted molar refractivity (Wildman–Crippen MR) is 85.1 cm³/mol. The van der Waals surface area contributed by atoms with E-state index in [1.807, 2.05) is 13.8 Å². The highest BCUT2D eigenvalue weighted by Crippen LogP contribution is 2.26. The first-order valence-corrected chi connectivity index (χ1v) is 8.05. The molecular formula is C15H23FN4O4. The average molecular weight is 342 g/mol. The molecule has 0 aliphatic carbocycles. The van der Waals surface area contributed by atoms with E-state index in [-0.39, 0.29) is 12.7 Å². The quantitative estimate of drug-likeness (QED) is 0.763. The maximum atomic E-state index is 14.1. The summed E-state index contributed by atoms with van der Waals surface area (Å²) < 4.78 is 25.5. The largest absolute Gasteiger partial charge is 0.449 e. The number of carbonyl (C=O) groups is 1. The van der Waals surface area contributed by atoms with Crippen molar-refractivity contribution in [3.8, 4) is 0 Å². The molecule has 1 aliphatic rings. The van der Waals surface area contributed by atoms with E-state index in [1.165, 1.54) is 0 Å². The minimum Gasteiger partial charge on any atom is -0.449 e. The van der Waals surface area contributed by atoms with Crippen molar-refractivity contribution in [2.24, 2.45) is 5.73 Å². The van der Waals surface area contributed by atoms with E-state index in [2.05, 4.69) is 10.3 Å². The summed E-state index contributed by atoms with van der Waals surface area (Å²) in [6.07, 6.45) is 2.38. The first kappa shape index (κ1) is 18.3. The standard InChI is InChI=1S/C15H23FN4O4/c1-3-4-5-6-23-15(22)19-12-10(16)8-20(14(21)18-12)13-11(17)7-9(2)24-13/h8-9,11,13H,3-7,17H2,1-2H3,(H,18,19,21,22)/t9-,11?,13-/m1/s1. The van der Waals surface area contributed by atoms with Crippen LogP contribution in [-0.2, 0) is 9.47 Å². The number of amides is 1. The Morgan fingerprint density at radius 2 is 2.33 bits per heavy atom. The number of anilines is 1. The van der Waals surface area contributed by atoms with Crippen LogP contribution in [0.4, 0.5) is 15.0 Å². The van der Waals surface area contributed by atoms with Crippen molar-refractivity contribution in [3.05, 3.63) is 22.5 Å². The molecule has 9 heteroatoms. The van der Waals surface area contributed by atoms with Crippen molar-refractivity contribution in [1.82, 2.24) is 9.55 Å². The topological polar surface area (TPSA) is 108 Å². The molecule has 24 heavy (non-hydrogen) atoms. The van der Waals surface area contributed by atoms with Gasteiger partial charge in [-0.2, -0.15) is 4.98 Å². The Bertz CT molecular complexity index is 636. The first-order valence-electron chi connectivity index (χ1n) is 8.05. The van der Waals surface area contributed by atoms with Crippen LogP contribution in [0.5, 0.6) is 0 Å². The molecule has 0 spiro atoms. The van der Waals surface area contributed by atoms with Crippen molar-refractivity contribution < 1.29 is 18.7 Å². The molecule has 1 aliphatic heterocycles. The van der Waals surface area contributed by atoms with Gasteiger partial charge in [-0.05, 0) is 19.8 Å². The number of nitrogens with one attached hydrogen (secondary N) is 1. The molecule has 8 nitrogen and oxygen atoms in total. The fourth-order valence-corrected chi connectivity index (χ4v) is 2.53. The summed E-state index contributed by atoms with van der Waals surface area (Å²) in [7, 11) is 0. The molecule has 2 rings (SSSR count). The van der Waals surface area contributed by atoms with Crippen LogP contribution in [0.3, 0.4) is 0 Å². The molecule has 1 aromatic rings. The first-order chi connectivity index (χ1) is 11.4. The molecule has 1 unspecified atom stereocenters. The zero-order chi connectivity index (χ0) is 17.7. The number of rotatable bonds is 6. The molecule has 0 radical (unpaired) electrons. The lowest BCUT2D eigenvalue weighted by molar-refractivity contribution is 0.00234. The molecule has 3 atom stereocenters. The number of nitrogens with zero attached hydrogens (tertiary/aromatic N) is 2. The SMILES string of the molecule is CCCCCOC(=O)Nc1nc(=O)n([C@@H]2O[C@H](C)CC2N)cc1F. The minimum atomic E-state index is -0.865. The fourth-order valence-electron chi connectivity index (χ4n) is 2.53. The Labute approximate surface area is 139 Å². The van der Waals surface area contributed by atoms with Gasteiger partial charge < -0.3 is 15.2 Å². The number of halogens is 1. The van der Waals surface area contributed by atoms with Crippen molar-refractivity contribution in [3.63, 3.8) is 0 Å². The van der Waals surface area contributed by atoms with E-state index in [1.54, 1.807) is 0 Å². The van der Waals surface area contributed by atoms with Crippen LogP contribution in [-0.4, -0.2) is 34.4 Å². The average Bonchev–Trinajstić information content (AvgIpc) is 2.85. The molecule has 2 heterocycles. The second-order valence-corrected chi connectivity index (χ2v) is 5.83. The maximum Gasteiger partial charge on any atom is 0.412 e. The summed E-state index contributed by atoms with van der Waals surface area (Å²) in [5, 5.41) is 2.13. The van der Waals surface area contributed by atoms with Crippen molar-refractivity contribution in [2.75, 3.05) is 11.9 Å². The van der Waals surface area contributed by atoms with Gasteiger partial charge in [0.05, 0.1) is 24.9 Å². The zero-order valence-corrected chi connectivity index (χ0v) is 13.8. The van der Waals surface area contributed by atoms with E-state index in [4.69, 9.17) is 15.2 Å². The lowest BCUT2D eigenvalue weighted by Crippen LogP contribution is -2.36. The lowest BCUT2D eigenvalue weighted by Gasteiger charge is -2.18. The van der Waals surface area contributed by atoms with E-state index in [0.717, 1.165) is 30.0 Å². The molecule has 1 fully saturated rings. The van der Waals surface area contributed by atoms with Crippen LogP contribution in [0.2, 0.25) is 0 Å². The summed E-state index contributed by atoms with van der Waals surface area (Å²) in [4.78, 5) is 27.2. The Morgan fingerprint density at radius 3 is 2.96 bits per heavy atom. The number of hydrogen-bond acceptors (Lipinski definition) is 6.